The average molecular weight is 556 g/mol. The minimum Gasteiger partial charge on any atom is -0.370 e. The molecule has 40 heavy (non-hydrogen) atoms. The number of nitrogens with zero attached hydrogens (tertiary/aromatic N) is 7. The van der Waals surface area contributed by atoms with Gasteiger partial charge >= 0.3 is 0 Å². The van der Waals surface area contributed by atoms with Crippen LogP contribution in [0, 0.1) is 5.82 Å². The maximum absolute atomic E-state index is 15.0. The van der Waals surface area contributed by atoms with Crippen molar-refractivity contribution in [2.24, 2.45) is 0 Å². The number of benzene rings is 1. The first-order chi connectivity index (χ1) is 19.5. The van der Waals surface area contributed by atoms with Crippen LogP contribution < -0.4 is 4.90 Å². The number of aromatic nitrogens is 4. The fourth-order valence-corrected chi connectivity index (χ4v) is 6.26. The molecule has 0 radical (unpaired) electrons. The molecule has 0 spiro atoms. The third kappa shape index (κ3) is 4.70. The molecule has 0 N–H and O–H groups in total. The zero-order chi connectivity index (χ0) is 27.2. The van der Waals surface area contributed by atoms with Crippen molar-refractivity contribution in [3.05, 3.63) is 77.8 Å². The number of fused-ring (bicyclic) bond motifs is 2. The molecule has 7 nitrogen and oxygen atoms in total. The summed E-state index contributed by atoms with van der Waals surface area (Å²) in [6.07, 6.45) is 6.20. The van der Waals surface area contributed by atoms with Crippen LogP contribution in [-0.2, 0) is 0 Å². The number of pyridine rings is 3. The van der Waals surface area contributed by atoms with Gasteiger partial charge in [-0.05, 0) is 68.4 Å². The largest absolute Gasteiger partial charge is 0.370 e. The number of imidazole rings is 1. The fourth-order valence-electron chi connectivity index (χ4n) is 6.08. The summed E-state index contributed by atoms with van der Waals surface area (Å²) < 4.78 is 17.0. The summed E-state index contributed by atoms with van der Waals surface area (Å²) in [6.45, 7) is 6.65. The molecule has 0 unspecified atom stereocenters. The van der Waals surface area contributed by atoms with Gasteiger partial charge in [0.25, 0.3) is 0 Å². The van der Waals surface area contributed by atoms with Crippen molar-refractivity contribution in [3.63, 3.8) is 0 Å². The number of hydrogen-bond acceptors (Lipinski definition) is 6. The average Bonchev–Trinajstić information content (AvgIpc) is 3.38. The first-order valence-corrected chi connectivity index (χ1v) is 14.3. The van der Waals surface area contributed by atoms with E-state index in [2.05, 4.69) is 27.8 Å². The van der Waals surface area contributed by atoms with Crippen LogP contribution in [0.4, 0.5) is 10.1 Å². The monoisotopic (exact) mass is 555 g/mol. The number of piperidine rings is 1. The Hall–Kier alpha value is -3.59. The normalized spacial score (nSPS) is 17.7. The molecule has 5 aromatic rings. The van der Waals surface area contributed by atoms with E-state index in [0.29, 0.717) is 33.7 Å². The number of likely N-dealkylation sites (N-methyl/N-ethyl adjacent to an activating group) is 1. The molecule has 6 heterocycles. The van der Waals surface area contributed by atoms with E-state index < -0.39 is 0 Å². The number of hydrogen-bond donors (Lipinski definition) is 0. The second-order valence-corrected chi connectivity index (χ2v) is 11.3. The van der Waals surface area contributed by atoms with Gasteiger partial charge in [0, 0.05) is 62.1 Å². The van der Waals surface area contributed by atoms with Gasteiger partial charge in [-0.25, -0.2) is 14.4 Å². The van der Waals surface area contributed by atoms with E-state index in [1.165, 1.54) is 6.07 Å². The molecule has 204 valence electrons. The number of rotatable bonds is 4. The van der Waals surface area contributed by atoms with Crippen LogP contribution in [0.5, 0.6) is 0 Å². The van der Waals surface area contributed by atoms with Gasteiger partial charge in [0.1, 0.15) is 17.2 Å². The Labute approximate surface area is 237 Å². The Bertz CT molecular complexity index is 1690. The van der Waals surface area contributed by atoms with Crippen molar-refractivity contribution in [2.45, 2.75) is 18.9 Å². The van der Waals surface area contributed by atoms with Crippen LogP contribution in [0.3, 0.4) is 0 Å². The van der Waals surface area contributed by atoms with Gasteiger partial charge in [-0.3, -0.25) is 14.3 Å². The first-order valence-electron chi connectivity index (χ1n) is 13.9. The van der Waals surface area contributed by atoms with E-state index in [4.69, 9.17) is 26.6 Å². The molecule has 2 aliphatic rings. The maximum Gasteiger partial charge on any atom is 0.137 e. The summed E-state index contributed by atoms with van der Waals surface area (Å²) in [5, 5.41) is 0.455. The van der Waals surface area contributed by atoms with Crippen molar-refractivity contribution in [1.29, 1.82) is 0 Å². The highest BCUT2D eigenvalue weighted by Gasteiger charge is 2.27. The van der Waals surface area contributed by atoms with Crippen LogP contribution in [0.25, 0.3) is 39.3 Å². The molecular weight excluding hydrogens is 525 g/mol. The third-order valence-electron chi connectivity index (χ3n) is 8.36. The lowest BCUT2D eigenvalue weighted by Gasteiger charge is -2.42. The number of halogens is 2. The molecule has 0 aliphatic carbocycles. The molecule has 0 atom stereocenters. The van der Waals surface area contributed by atoms with E-state index in [0.717, 1.165) is 74.5 Å². The molecule has 0 saturated carbocycles. The van der Waals surface area contributed by atoms with Gasteiger partial charge in [-0.15, -0.1) is 0 Å². The van der Waals surface area contributed by atoms with Crippen LogP contribution >= 0.6 is 11.6 Å². The molecule has 0 bridgehead atoms. The predicted octanol–water partition coefficient (Wildman–Crippen LogP) is 5.62. The molecule has 2 fully saturated rings. The van der Waals surface area contributed by atoms with Crippen LogP contribution in [0.2, 0.25) is 5.02 Å². The van der Waals surface area contributed by atoms with Crippen LogP contribution in [-0.4, -0.2) is 81.5 Å². The van der Waals surface area contributed by atoms with Crippen molar-refractivity contribution in [1.82, 2.24) is 29.2 Å². The van der Waals surface area contributed by atoms with Crippen molar-refractivity contribution < 1.29 is 4.39 Å². The lowest BCUT2D eigenvalue weighted by molar-refractivity contribution is 0.0982. The van der Waals surface area contributed by atoms with Gasteiger partial charge in [-0.2, -0.15) is 0 Å². The zero-order valence-electron chi connectivity index (χ0n) is 22.5. The van der Waals surface area contributed by atoms with Crippen molar-refractivity contribution in [2.75, 3.05) is 51.2 Å². The van der Waals surface area contributed by atoms with E-state index in [9.17, 15) is 0 Å². The second kappa shape index (κ2) is 10.4. The molecular formula is C31H31ClFN7. The Kier molecular flexibility index (Phi) is 6.62. The molecule has 7 rings (SSSR count). The molecule has 1 aromatic carbocycles. The smallest absolute Gasteiger partial charge is 0.137 e. The lowest BCUT2D eigenvalue weighted by Crippen LogP contribution is -2.52. The van der Waals surface area contributed by atoms with E-state index in [-0.39, 0.29) is 5.82 Å². The fraction of sp³-hybridized carbons (Fsp3) is 0.323. The van der Waals surface area contributed by atoms with E-state index in [1.54, 1.807) is 12.1 Å². The molecule has 2 aliphatic heterocycles. The van der Waals surface area contributed by atoms with Crippen molar-refractivity contribution in [3.8, 4) is 22.6 Å². The zero-order valence-corrected chi connectivity index (χ0v) is 23.2. The summed E-state index contributed by atoms with van der Waals surface area (Å²) >= 11 is 6.26. The Morgan fingerprint density at radius 1 is 0.875 bits per heavy atom. The van der Waals surface area contributed by atoms with Crippen LogP contribution in [0.1, 0.15) is 12.8 Å². The van der Waals surface area contributed by atoms with Gasteiger partial charge in [-0.1, -0.05) is 17.7 Å². The summed E-state index contributed by atoms with van der Waals surface area (Å²) in [6, 6.07) is 17.0. The predicted molar refractivity (Wildman–Crippen MR) is 158 cm³/mol. The van der Waals surface area contributed by atoms with Gasteiger partial charge in [0.05, 0.1) is 34.3 Å². The minimum absolute atomic E-state index is 0.350. The maximum atomic E-state index is 15.0. The summed E-state index contributed by atoms with van der Waals surface area (Å²) in [5.41, 5.74) is 5.71. The molecule has 0 amide bonds. The number of piperazine rings is 1. The highest BCUT2D eigenvalue weighted by molar-refractivity contribution is 6.30. The summed E-state index contributed by atoms with van der Waals surface area (Å²) in [4.78, 5) is 22.1. The van der Waals surface area contributed by atoms with Gasteiger partial charge in [0.2, 0.25) is 0 Å². The minimum atomic E-state index is -0.376. The molecule has 9 heteroatoms. The van der Waals surface area contributed by atoms with Crippen molar-refractivity contribution >= 4 is 34.0 Å². The lowest BCUT2D eigenvalue weighted by atomic mass is 10.0. The molecule has 2 saturated heterocycles. The number of anilines is 1. The quantitative estimate of drug-likeness (QED) is 0.287. The topological polar surface area (TPSA) is 52.8 Å². The molecule has 4 aromatic heterocycles. The highest BCUT2D eigenvalue weighted by atomic mass is 35.5. The van der Waals surface area contributed by atoms with E-state index >= 15 is 4.39 Å². The Morgan fingerprint density at radius 3 is 2.52 bits per heavy atom. The van der Waals surface area contributed by atoms with Crippen LogP contribution in [0.15, 0.2) is 67.0 Å². The van der Waals surface area contributed by atoms with E-state index in [1.807, 2.05) is 47.1 Å². The third-order valence-corrected chi connectivity index (χ3v) is 8.60. The summed E-state index contributed by atoms with van der Waals surface area (Å²) in [7, 11) is 2.21. The summed E-state index contributed by atoms with van der Waals surface area (Å²) in [5.74, 6) is -0.376. The highest BCUT2D eigenvalue weighted by Crippen LogP contribution is 2.35. The Morgan fingerprint density at radius 2 is 1.70 bits per heavy atom. The SMILES string of the molecule is CN1CCN(C2CCN(c3cnc4ccc(-c5c(-c6cc(Cl)ccc6F)nc6ccccn56)nc4c3)CC2)CC1. The standard InChI is InChI=1S/C31H31ClFN7/c1-37-14-16-39(17-15-37)22-9-12-38(13-10-22)23-19-28-26(34-20-23)7-8-27(35-28)31-30(24-18-21(32)5-6-25(24)33)36-29-4-2-3-11-40(29)31/h2-8,11,18-20,22H,9-10,12-17H2,1H3. The van der Waals surface area contributed by atoms with Gasteiger partial charge < -0.3 is 9.80 Å². The Balaban J connectivity index is 1.22. The second-order valence-electron chi connectivity index (χ2n) is 10.8. The van der Waals surface area contributed by atoms with Gasteiger partial charge in [0.15, 0.2) is 0 Å². The first kappa shape index (κ1) is 25.4.